The van der Waals surface area contributed by atoms with E-state index in [2.05, 4.69) is 23.9 Å². The molecule has 4 rings (SSSR count). The lowest BCUT2D eigenvalue weighted by atomic mass is 9.64. The number of alkyl halides is 3. The maximum Gasteiger partial charge on any atom is 0.433 e. The third-order valence-corrected chi connectivity index (χ3v) is 8.45. The predicted molar refractivity (Wildman–Crippen MR) is 146 cm³/mol. The van der Waals surface area contributed by atoms with E-state index in [9.17, 15) is 27.6 Å². The van der Waals surface area contributed by atoms with Crippen LogP contribution in [-0.4, -0.2) is 57.0 Å². The minimum absolute atomic E-state index is 0.0121. The Morgan fingerprint density at radius 2 is 1.68 bits per heavy atom. The van der Waals surface area contributed by atoms with Crippen LogP contribution in [-0.2, 0) is 15.7 Å². The van der Waals surface area contributed by atoms with Crippen LogP contribution >= 0.6 is 23.2 Å². The van der Waals surface area contributed by atoms with Crippen molar-refractivity contribution in [2.75, 3.05) is 19.7 Å². The number of Topliss-reactive ketones (excluding diaryl/α,β-unsaturated/α-hetero) is 1. The minimum Gasteiger partial charge on any atom is -0.466 e. The standard InChI is InChI=1S/C28H33Cl2F3N4O4/c1-4-41-26(40)17-5-7-18(8-6-17)37-24(28(31,32)33)19(11-35-37)25(39)36(14-16-9-27(2,3)10-16)15-22(38)23-20(29)12-34-13-21(23)30/h11-13,16-18H,4-10,14-15H2,1-3H3/t17-,18-. The van der Waals surface area contributed by atoms with Gasteiger partial charge in [-0.1, -0.05) is 37.0 Å². The van der Waals surface area contributed by atoms with Crippen molar-refractivity contribution in [2.45, 2.75) is 71.5 Å². The van der Waals surface area contributed by atoms with Crippen molar-refractivity contribution in [2.24, 2.45) is 17.3 Å². The summed E-state index contributed by atoms with van der Waals surface area (Å²) < 4.78 is 49.4. The van der Waals surface area contributed by atoms with E-state index in [1.807, 2.05) is 0 Å². The third kappa shape index (κ3) is 7.05. The molecule has 2 aliphatic rings. The molecule has 2 aromatic heterocycles. The van der Waals surface area contributed by atoms with Crippen LogP contribution < -0.4 is 0 Å². The van der Waals surface area contributed by atoms with E-state index in [0.717, 1.165) is 28.6 Å². The number of carbonyl (C=O) groups excluding carboxylic acids is 3. The summed E-state index contributed by atoms with van der Waals surface area (Å²) in [6, 6.07) is -0.643. The Hall–Kier alpha value is -2.66. The molecule has 2 saturated carbocycles. The van der Waals surface area contributed by atoms with E-state index in [1.165, 1.54) is 12.4 Å². The van der Waals surface area contributed by atoms with Crippen LogP contribution in [0.2, 0.25) is 10.0 Å². The molecule has 0 unspecified atom stereocenters. The molecule has 0 atom stereocenters. The number of rotatable bonds is 9. The number of carbonyl (C=O) groups is 3. The zero-order valence-electron chi connectivity index (χ0n) is 23.1. The van der Waals surface area contributed by atoms with E-state index < -0.39 is 41.7 Å². The van der Waals surface area contributed by atoms with Gasteiger partial charge in [0.25, 0.3) is 5.91 Å². The van der Waals surface area contributed by atoms with E-state index in [-0.39, 0.29) is 64.8 Å². The molecule has 0 saturated heterocycles. The molecule has 1 amide bonds. The van der Waals surface area contributed by atoms with Crippen LogP contribution in [0.25, 0.3) is 0 Å². The van der Waals surface area contributed by atoms with Gasteiger partial charge in [-0.15, -0.1) is 0 Å². The number of hydrogen-bond acceptors (Lipinski definition) is 6. The number of ether oxygens (including phenoxy) is 1. The zero-order valence-corrected chi connectivity index (χ0v) is 24.7. The van der Waals surface area contributed by atoms with Gasteiger partial charge in [-0.2, -0.15) is 18.3 Å². The Balaban J connectivity index is 1.62. The maximum absolute atomic E-state index is 14.5. The van der Waals surface area contributed by atoms with Crippen LogP contribution in [0.3, 0.4) is 0 Å². The summed E-state index contributed by atoms with van der Waals surface area (Å²) in [4.78, 5) is 44.1. The van der Waals surface area contributed by atoms with Gasteiger partial charge >= 0.3 is 12.1 Å². The van der Waals surface area contributed by atoms with Gasteiger partial charge in [0, 0.05) is 18.9 Å². The van der Waals surface area contributed by atoms with Crippen molar-refractivity contribution in [3.8, 4) is 0 Å². The summed E-state index contributed by atoms with van der Waals surface area (Å²) in [6.07, 6.45) is 1.31. The predicted octanol–water partition coefficient (Wildman–Crippen LogP) is 6.66. The SMILES string of the molecule is CCOC(=O)[C@H]1CC[C@H](n2ncc(C(=O)N(CC(=O)c3c(Cl)cncc3Cl)CC3CC(C)(C)C3)c2C(F)(F)F)CC1. The van der Waals surface area contributed by atoms with Gasteiger partial charge in [-0.25, -0.2) is 0 Å². The Labute approximate surface area is 246 Å². The highest BCUT2D eigenvalue weighted by atomic mass is 35.5. The average molecular weight is 617 g/mol. The first-order valence-electron chi connectivity index (χ1n) is 13.6. The van der Waals surface area contributed by atoms with Gasteiger partial charge < -0.3 is 9.64 Å². The fourth-order valence-electron chi connectivity index (χ4n) is 6.16. The molecule has 224 valence electrons. The average Bonchev–Trinajstić information content (AvgIpc) is 3.33. The monoisotopic (exact) mass is 616 g/mol. The number of nitrogens with zero attached hydrogens (tertiary/aromatic N) is 4. The molecule has 0 spiro atoms. The first kappa shape index (κ1) is 31.3. The van der Waals surface area contributed by atoms with Crippen LogP contribution in [0, 0.1) is 17.3 Å². The summed E-state index contributed by atoms with van der Waals surface area (Å²) in [7, 11) is 0. The molecule has 0 radical (unpaired) electrons. The van der Waals surface area contributed by atoms with Crippen molar-refractivity contribution in [1.82, 2.24) is 19.7 Å². The van der Waals surface area contributed by atoms with E-state index >= 15 is 0 Å². The molecule has 41 heavy (non-hydrogen) atoms. The molecule has 0 bridgehead atoms. The molecule has 2 heterocycles. The molecule has 0 aromatic carbocycles. The van der Waals surface area contributed by atoms with Crippen molar-refractivity contribution in [3.63, 3.8) is 0 Å². The molecule has 2 fully saturated rings. The highest BCUT2D eigenvalue weighted by Crippen LogP contribution is 2.45. The highest BCUT2D eigenvalue weighted by Gasteiger charge is 2.44. The summed E-state index contributed by atoms with van der Waals surface area (Å²) in [6.45, 7) is 5.66. The Bertz CT molecular complexity index is 1280. The van der Waals surface area contributed by atoms with Gasteiger partial charge in [0.2, 0.25) is 0 Å². The summed E-state index contributed by atoms with van der Waals surface area (Å²) in [5.74, 6) is -2.26. The zero-order chi connectivity index (χ0) is 30.1. The van der Waals surface area contributed by atoms with Gasteiger partial charge in [0.1, 0.15) is 0 Å². The van der Waals surface area contributed by atoms with Crippen molar-refractivity contribution in [1.29, 1.82) is 0 Å². The van der Waals surface area contributed by atoms with Crippen molar-refractivity contribution >= 4 is 40.9 Å². The lowest BCUT2D eigenvalue weighted by Crippen LogP contribution is -2.45. The molecule has 0 aliphatic heterocycles. The highest BCUT2D eigenvalue weighted by molar-refractivity contribution is 6.39. The van der Waals surface area contributed by atoms with Crippen LogP contribution in [0.1, 0.15) is 91.7 Å². The minimum atomic E-state index is -4.88. The second kappa shape index (κ2) is 12.3. The Morgan fingerprint density at radius 3 is 2.22 bits per heavy atom. The van der Waals surface area contributed by atoms with Crippen LogP contribution in [0.5, 0.6) is 0 Å². The number of hydrogen-bond donors (Lipinski definition) is 0. The molecule has 13 heteroatoms. The van der Waals surface area contributed by atoms with E-state index in [0.29, 0.717) is 12.8 Å². The quantitative estimate of drug-likeness (QED) is 0.231. The molecular formula is C28H33Cl2F3N4O4. The first-order chi connectivity index (χ1) is 19.2. The Morgan fingerprint density at radius 1 is 1.07 bits per heavy atom. The molecular weight excluding hydrogens is 584 g/mol. The fourth-order valence-corrected chi connectivity index (χ4v) is 6.73. The number of ketones is 1. The number of esters is 1. The van der Waals surface area contributed by atoms with Gasteiger partial charge in [0.05, 0.1) is 52.5 Å². The molecule has 8 nitrogen and oxygen atoms in total. The molecule has 2 aromatic rings. The topological polar surface area (TPSA) is 94.4 Å². The lowest BCUT2D eigenvalue weighted by Gasteiger charge is -2.44. The smallest absolute Gasteiger partial charge is 0.433 e. The lowest BCUT2D eigenvalue weighted by molar-refractivity contribution is -0.151. The van der Waals surface area contributed by atoms with Gasteiger partial charge in [-0.05, 0) is 56.8 Å². The maximum atomic E-state index is 14.5. The van der Waals surface area contributed by atoms with Crippen LogP contribution in [0.4, 0.5) is 13.2 Å². The molecule has 2 aliphatic carbocycles. The first-order valence-corrected chi connectivity index (χ1v) is 14.4. The largest absolute Gasteiger partial charge is 0.466 e. The number of halogens is 5. The number of aromatic nitrogens is 3. The number of pyridine rings is 1. The fraction of sp³-hybridized carbons (Fsp3) is 0.607. The Kier molecular flexibility index (Phi) is 9.38. The van der Waals surface area contributed by atoms with E-state index in [1.54, 1.807) is 6.92 Å². The van der Waals surface area contributed by atoms with Gasteiger partial charge in [0.15, 0.2) is 11.5 Å². The van der Waals surface area contributed by atoms with Gasteiger partial charge in [-0.3, -0.25) is 24.0 Å². The van der Waals surface area contributed by atoms with Crippen molar-refractivity contribution in [3.05, 3.63) is 45.5 Å². The summed E-state index contributed by atoms with van der Waals surface area (Å²) in [5, 5.41) is 3.99. The third-order valence-electron chi connectivity index (χ3n) is 7.87. The van der Waals surface area contributed by atoms with E-state index in [4.69, 9.17) is 27.9 Å². The van der Waals surface area contributed by atoms with Crippen LogP contribution in [0.15, 0.2) is 18.6 Å². The molecule has 0 N–H and O–H groups in total. The summed E-state index contributed by atoms with van der Waals surface area (Å²) >= 11 is 12.3. The number of amides is 1. The van der Waals surface area contributed by atoms with Crippen molar-refractivity contribution < 1.29 is 32.3 Å². The second-order valence-electron chi connectivity index (χ2n) is 11.6. The summed E-state index contributed by atoms with van der Waals surface area (Å²) in [5.41, 5.74) is -1.78. The normalized spacial score (nSPS) is 20.8. The second-order valence-corrected chi connectivity index (χ2v) is 12.4.